The summed E-state index contributed by atoms with van der Waals surface area (Å²) in [4.78, 5) is 20.4. The predicted octanol–water partition coefficient (Wildman–Crippen LogP) is 0.923. The number of nitrogens with one attached hydrogen (secondary N) is 1. The number of nitrogens with zero attached hydrogens (tertiary/aromatic N) is 6. The number of aromatic nitrogens is 2. The number of aliphatic imine (C=N–C) groups is 1. The van der Waals surface area contributed by atoms with Gasteiger partial charge in [0.1, 0.15) is 0 Å². The fraction of sp³-hybridized carbons (Fsp3) is 0.750. The van der Waals surface area contributed by atoms with E-state index in [9.17, 15) is 0 Å². The monoisotopic (exact) mass is 389 g/mol. The number of piperazine rings is 1. The Kier molecular flexibility index (Phi) is 8.29. The van der Waals surface area contributed by atoms with Crippen LogP contribution in [0.4, 0.5) is 5.95 Å². The van der Waals surface area contributed by atoms with E-state index in [0.29, 0.717) is 0 Å². The Hall–Kier alpha value is -1.93. The third kappa shape index (κ3) is 6.91. The average Bonchev–Trinajstić information content (AvgIpc) is 3.56. The molecule has 1 aromatic rings. The maximum atomic E-state index is 5.76. The number of hydrogen-bond donors (Lipinski definition) is 1. The molecule has 0 spiro atoms. The molecule has 1 aromatic heterocycles. The lowest BCUT2D eigenvalue weighted by atomic mass is 10.3. The van der Waals surface area contributed by atoms with E-state index in [1.165, 1.54) is 12.8 Å². The first-order valence-corrected chi connectivity index (χ1v) is 10.6. The maximum Gasteiger partial charge on any atom is 0.225 e. The van der Waals surface area contributed by atoms with Gasteiger partial charge in [0, 0.05) is 71.9 Å². The minimum Gasteiger partial charge on any atom is -0.379 e. The summed E-state index contributed by atoms with van der Waals surface area (Å²) in [6.45, 7) is 11.3. The molecule has 28 heavy (non-hydrogen) atoms. The van der Waals surface area contributed by atoms with Crippen LogP contribution in [0.15, 0.2) is 23.5 Å². The standard InChI is InChI=1S/C20H35N7O/c1-3-21-19(25(2)15-16-28-17-18-5-6-18)24-9-10-26-11-13-27(14-12-26)20-22-7-4-8-23-20/h4,7-8,18H,3,5-6,9-17H2,1-2H3,(H,21,24). The van der Waals surface area contributed by atoms with E-state index in [-0.39, 0.29) is 0 Å². The Balaban J connectivity index is 1.36. The molecular formula is C20H35N7O. The molecule has 156 valence electrons. The van der Waals surface area contributed by atoms with Gasteiger partial charge in [-0.05, 0) is 31.7 Å². The van der Waals surface area contributed by atoms with Gasteiger partial charge < -0.3 is 19.9 Å². The second-order valence-electron chi connectivity index (χ2n) is 7.55. The number of likely N-dealkylation sites (N-methyl/N-ethyl adjacent to an activating group) is 1. The normalized spacial score (nSPS) is 18.4. The van der Waals surface area contributed by atoms with Crippen molar-refractivity contribution in [3.05, 3.63) is 18.5 Å². The number of hydrogen-bond acceptors (Lipinski definition) is 6. The molecule has 1 saturated carbocycles. The third-order valence-electron chi connectivity index (χ3n) is 5.20. The van der Waals surface area contributed by atoms with Gasteiger partial charge in [-0.25, -0.2) is 9.97 Å². The summed E-state index contributed by atoms with van der Waals surface area (Å²) < 4.78 is 5.76. The first-order valence-electron chi connectivity index (χ1n) is 10.6. The zero-order chi connectivity index (χ0) is 19.6. The lowest BCUT2D eigenvalue weighted by molar-refractivity contribution is 0.115. The van der Waals surface area contributed by atoms with Crippen molar-refractivity contribution in [1.82, 2.24) is 25.1 Å². The maximum absolute atomic E-state index is 5.76. The largest absolute Gasteiger partial charge is 0.379 e. The van der Waals surface area contributed by atoms with E-state index in [0.717, 1.165) is 83.4 Å². The van der Waals surface area contributed by atoms with Crippen LogP contribution >= 0.6 is 0 Å². The summed E-state index contributed by atoms with van der Waals surface area (Å²) in [5.74, 6) is 2.62. The zero-order valence-corrected chi connectivity index (χ0v) is 17.4. The molecule has 0 aromatic carbocycles. The Morgan fingerprint density at radius 1 is 1.25 bits per heavy atom. The van der Waals surface area contributed by atoms with Gasteiger partial charge in [0.15, 0.2) is 5.96 Å². The van der Waals surface area contributed by atoms with Gasteiger partial charge in [-0.15, -0.1) is 0 Å². The second-order valence-corrected chi connectivity index (χ2v) is 7.55. The summed E-state index contributed by atoms with van der Waals surface area (Å²) in [5, 5.41) is 3.39. The van der Waals surface area contributed by atoms with Gasteiger partial charge in [0.25, 0.3) is 0 Å². The van der Waals surface area contributed by atoms with Crippen molar-refractivity contribution in [3.63, 3.8) is 0 Å². The van der Waals surface area contributed by atoms with Gasteiger partial charge in [-0.2, -0.15) is 0 Å². The Bertz CT molecular complexity index is 585. The van der Waals surface area contributed by atoms with Gasteiger partial charge in [-0.3, -0.25) is 9.89 Å². The SMILES string of the molecule is CCNC(=NCCN1CCN(c2ncccn2)CC1)N(C)CCOCC1CC1. The highest BCUT2D eigenvalue weighted by Crippen LogP contribution is 2.28. The van der Waals surface area contributed by atoms with E-state index < -0.39 is 0 Å². The first kappa shape index (κ1) is 20.8. The average molecular weight is 390 g/mol. The molecule has 3 rings (SSSR count). The Morgan fingerprint density at radius 2 is 2.00 bits per heavy atom. The molecule has 1 saturated heterocycles. The molecule has 0 unspecified atom stereocenters. The van der Waals surface area contributed by atoms with Crippen LogP contribution < -0.4 is 10.2 Å². The molecule has 8 nitrogen and oxygen atoms in total. The molecule has 2 fully saturated rings. The van der Waals surface area contributed by atoms with Crippen LogP contribution in [0.2, 0.25) is 0 Å². The van der Waals surface area contributed by atoms with Gasteiger partial charge in [0.2, 0.25) is 5.95 Å². The van der Waals surface area contributed by atoms with E-state index >= 15 is 0 Å². The van der Waals surface area contributed by atoms with Crippen LogP contribution in [-0.4, -0.2) is 98.3 Å². The molecular weight excluding hydrogens is 354 g/mol. The van der Waals surface area contributed by atoms with Crippen molar-refractivity contribution in [2.45, 2.75) is 19.8 Å². The molecule has 0 radical (unpaired) electrons. The van der Waals surface area contributed by atoms with Crippen LogP contribution in [-0.2, 0) is 4.74 Å². The van der Waals surface area contributed by atoms with Gasteiger partial charge in [0.05, 0.1) is 13.2 Å². The summed E-state index contributed by atoms with van der Waals surface area (Å²) in [5.41, 5.74) is 0. The first-order chi connectivity index (χ1) is 13.8. The third-order valence-corrected chi connectivity index (χ3v) is 5.20. The Morgan fingerprint density at radius 3 is 2.68 bits per heavy atom. The lowest BCUT2D eigenvalue weighted by Crippen LogP contribution is -2.48. The Labute approximate surface area is 169 Å². The van der Waals surface area contributed by atoms with Crippen molar-refractivity contribution < 1.29 is 4.74 Å². The van der Waals surface area contributed by atoms with E-state index in [4.69, 9.17) is 9.73 Å². The van der Waals surface area contributed by atoms with Crippen LogP contribution in [0, 0.1) is 5.92 Å². The number of rotatable bonds is 10. The number of ether oxygens (including phenoxy) is 1. The van der Waals surface area contributed by atoms with E-state index in [2.05, 4.69) is 44.0 Å². The fourth-order valence-corrected chi connectivity index (χ4v) is 3.23. The highest BCUT2D eigenvalue weighted by molar-refractivity contribution is 5.79. The van der Waals surface area contributed by atoms with Crippen LogP contribution in [0.3, 0.4) is 0 Å². The molecule has 1 N–H and O–H groups in total. The van der Waals surface area contributed by atoms with Crippen LogP contribution in [0.25, 0.3) is 0 Å². The number of guanidine groups is 1. The molecule has 1 aliphatic heterocycles. The molecule has 0 amide bonds. The van der Waals surface area contributed by atoms with Crippen molar-refractivity contribution in [2.75, 3.05) is 77.5 Å². The lowest BCUT2D eigenvalue weighted by Gasteiger charge is -2.34. The summed E-state index contributed by atoms with van der Waals surface area (Å²) in [7, 11) is 2.08. The highest BCUT2D eigenvalue weighted by atomic mass is 16.5. The molecule has 8 heteroatoms. The second kappa shape index (κ2) is 11.2. The fourth-order valence-electron chi connectivity index (χ4n) is 3.23. The molecule has 0 atom stereocenters. The smallest absolute Gasteiger partial charge is 0.225 e. The topological polar surface area (TPSA) is 69.1 Å². The van der Waals surface area contributed by atoms with Crippen molar-refractivity contribution in [2.24, 2.45) is 10.9 Å². The van der Waals surface area contributed by atoms with Crippen molar-refractivity contribution in [1.29, 1.82) is 0 Å². The summed E-state index contributed by atoms with van der Waals surface area (Å²) in [6, 6.07) is 1.86. The minimum atomic E-state index is 0.765. The molecule has 2 aliphatic rings. The van der Waals surface area contributed by atoms with Gasteiger partial charge >= 0.3 is 0 Å². The van der Waals surface area contributed by atoms with E-state index in [1.807, 2.05) is 6.07 Å². The molecule has 2 heterocycles. The molecule has 1 aliphatic carbocycles. The predicted molar refractivity (Wildman–Crippen MR) is 113 cm³/mol. The van der Waals surface area contributed by atoms with Crippen LogP contribution in [0.1, 0.15) is 19.8 Å². The number of anilines is 1. The zero-order valence-electron chi connectivity index (χ0n) is 17.4. The minimum absolute atomic E-state index is 0.765. The van der Waals surface area contributed by atoms with Gasteiger partial charge in [-0.1, -0.05) is 0 Å². The van der Waals surface area contributed by atoms with Crippen molar-refractivity contribution >= 4 is 11.9 Å². The molecule has 0 bridgehead atoms. The summed E-state index contributed by atoms with van der Waals surface area (Å²) in [6.07, 6.45) is 6.29. The summed E-state index contributed by atoms with van der Waals surface area (Å²) >= 11 is 0. The quantitative estimate of drug-likeness (QED) is 0.363. The van der Waals surface area contributed by atoms with E-state index in [1.54, 1.807) is 12.4 Å². The van der Waals surface area contributed by atoms with Crippen LogP contribution in [0.5, 0.6) is 0 Å². The highest BCUT2D eigenvalue weighted by Gasteiger charge is 2.21. The van der Waals surface area contributed by atoms with Crippen molar-refractivity contribution in [3.8, 4) is 0 Å².